The molecule has 5 heteroatoms. The summed E-state index contributed by atoms with van der Waals surface area (Å²) in [7, 11) is 1.35. The van der Waals surface area contributed by atoms with Gasteiger partial charge in [0.25, 0.3) is 0 Å². The van der Waals surface area contributed by atoms with E-state index in [0.29, 0.717) is 19.3 Å². The molecule has 4 nitrogen and oxygen atoms in total. The number of methoxy groups -OCH3 is 1. The van der Waals surface area contributed by atoms with Gasteiger partial charge in [0.15, 0.2) is 0 Å². The number of carbonyl (C=O) groups is 1. The van der Waals surface area contributed by atoms with E-state index in [1.165, 1.54) is 7.11 Å². The van der Waals surface area contributed by atoms with Gasteiger partial charge in [-0.25, -0.2) is 4.39 Å². The Hall–Kier alpha value is -1.42. The van der Waals surface area contributed by atoms with Gasteiger partial charge in [-0.1, -0.05) is 45.8 Å². The first-order valence-corrected chi connectivity index (χ1v) is 10.4. The molecule has 1 fully saturated rings. The van der Waals surface area contributed by atoms with E-state index >= 15 is 0 Å². The van der Waals surface area contributed by atoms with E-state index in [0.717, 1.165) is 19.3 Å². The Labute approximate surface area is 169 Å². The zero-order valence-electron chi connectivity index (χ0n) is 17.7. The van der Waals surface area contributed by atoms with Crippen molar-refractivity contribution >= 4 is 5.97 Å². The van der Waals surface area contributed by atoms with Crippen molar-refractivity contribution in [1.29, 1.82) is 0 Å². The molecule has 0 radical (unpaired) electrons. The zero-order valence-corrected chi connectivity index (χ0v) is 17.7. The van der Waals surface area contributed by atoms with Gasteiger partial charge in [0.1, 0.15) is 6.17 Å². The average molecular weight is 397 g/mol. The van der Waals surface area contributed by atoms with Gasteiger partial charge >= 0.3 is 5.97 Å². The fourth-order valence-electron chi connectivity index (χ4n) is 3.60. The number of alkyl halides is 1. The SMILES string of the molecule is CCCCC(C)(C)[C@H](O)/C=C/[C@@H]1[C@@H](CC=C=CCCC(=O)OC)[C@H](F)C[C@H]1O. The van der Waals surface area contributed by atoms with Crippen LogP contribution in [0.1, 0.15) is 65.7 Å². The maximum absolute atomic E-state index is 14.4. The molecule has 0 aromatic heterocycles. The highest BCUT2D eigenvalue weighted by Gasteiger charge is 2.41. The number of aliphatic hydroxyl groups is 2. The summed E-state index contributed by atoms with van der Waals surface area (Å²) in [6.07, 6.45) is 9.00. The predicted octanol–water partition coefficient (Wildman–Crippen LogP) is 4.51. The van der Waals surface area contributed by atoms with Gasteiger partial charge in [0.05, 0.1) is 19.3 Å². The quantitative estimate of drug-likeness (QED) is 0.306. The van der Waals surface area contributed by atoms with Crippen LogP contribution in [-0.2, 0) is 9.53 Å². The molecule has 160 valence electrons. The largest absolute Gasteiger partial charge is 0.469 e. The highest BCUT2D eigenvalue weighted by Crippen LogP contribution is 2.39. The van der Waals surface area contributed by atoms with Crippen molar-refractivity contribution in [3.63, 3.8) is 0 Å². The van der Waals surface area contributed by atoms with E-state index in [-0.39, 0.29) is 29.6 Å². The average Bonchev–Trinajstić information content (AvgIpc) is 2.93. The molecule has 1 aliphatic carbocycles. The van der Waals surface area contributed by atoms with E-state index in [1.807, 2.05) is 13.8 Å². The fraction of sp³-hybridized carbons (Fsp3) is 0.739. The lowest BCUT2D eigenvalue weighted by molar-refractivity contribution is -0.140. The van der Waals surface area contributed by atoms with E-state index in [2.05, 4.69) is 17.4 Å². The van der Waals surface area contributed by atoms with Crippen LogP contribution >= 0.6 is 0 Å². The zero-order chi connectivity index (χ0) is 21.2. The highest BCUT2D eigenvalue weighted by molar-refractivity contribution is 5.69. The number of halogens is 1. The molecule has 0 unspecified atom stereocenters. The molecule has 0 aromatic rings. The second-order valence-corrected chi connectivity index (χ2v) is 8.41. The first-order chi connectivity index (χ1) is 13.2. The summed E-state index contributed by atoms with van der Waals surface area (Å²) in [5.74, 6) is -0.926. The molecule has 0 heterocycles. The third kappa shape index (κ3) is 7.90. The normalized spacial score (nSPS) is 26.1. The maximum Gasteiger partial charge on any atom is 0.305 e. The fourth-order valence-corrected chi connectivity index (χ4v) is 3.60. The first-order valence-electron chi connectivity index (χ1n) is 10.4. The minimum Gasteiger partial charge on any atom is -0.469 e. The number of esters is 1. The molecule has 0 saturated heterocycles. The lowest BCUT2D eigenvalue weighted by Gasteiger charge is -2.29. The van der Waals surface area contributed by atoms with Crippen LogP contribution in [0.4, 0.5) is 4.39 Å². The van der Waals surface area contributed by atoms with Crippen molar-refractivity contribution in [1.82, 2.24) is 0 Å². The molecule has 5 atom stereocenters. The van der Waals surface area contributed by atoms with Gasteiger partial charge < -0.3 is 14.9 Å². The lowest BCUT2D eigenvalue weighted by atomic mass is 9.80. The van der Waals surface area contributed by atoms with Crippen LogP contribution in [0.15, 0.2) is 30.0 Å². The van der Waals surface area contributed by atoms with Crippen LogP contribution in [0.5, 0.6) is 0 Å². The van der Waals surface area contributed by atoms with Crippen LogP contribution in [0.2, 0.25) is 0 Å². The Morgan fingerprint density at radius 1 is 1.39 bits per heavy atom. The van der Waals surface area contributed by atoms with Gasteiger partial charge in [-0.05, 0) is 36.8 Å². The number of ether oxygens (including phenoxy) is 1. The third-order valence-corrected chi connectivity index (χ3v) is 5.71. The molecule has 1 saturated carbocycles. The Kier molecular flexibility index (Phi) is 10.7. The van der Waals surface area contributed by atoms with Crippen LogP contribution < -0.4 is 0 Å². The van der Waals surface area contributed by atoms with Crippen LogP contribution in [-0.4, -0.2) is 41.7 Å². The minimum atomic E-state index is -1.08. The van der Waals surface area contributed by atoms with Crippen molar-refractivity contribution in [2.24, 2.45) is 17.3 Å². The molecule has 0 aromatic carbocycles. The Morgan fingerprint density at radius 3 is 2.75 bits per heavy atom. The van der Waals surface area contributed by atoms with Crippen LogP contribution in [0.3, 0.4) is 0 Å². The van der Waals surface area contributed by atoms with Crippen LogP contribution in [0.25, 0.3) is 0 Å². The van der Waals surface area contributed by atoms with E-state index in [1.54, 1.807) is 24.3 Å². The molecule has 1 rings (SSSR count). The first kappa shape index (κ1) is 24.6. The van der Waals surface area contributed by atoms with Crippen molar-refractivity contribution in [3.05, 3.63) is 30.0 Å². The molecular formula is C23H37FO4. The smallest absolute Gasteiger partial charge is 0.305 e. The molecule has 28 heavy (non-hydrogen) atoms. The number of rotatable bonds is 11. The molecule has 2 N–H and O–H groups in total. The molecule has 0 spiro atoms. The topological polar surface area (TPSA) is 66.8 Å². The van der Waals surface area contributed by atoms with Gasteiger partial charge in [-0.3, -0.25) is 4.79 Å². The Bertz CT molecular complexity index is 563. The number of unbranched alkanes of at least 4 members (excludes halogenated alkanes) is 1. The number of aliphatic hydroxyl groups excluding tert-OH is 2. The summed E-state index contributed by atoms with van der Waals surface area (Å²) >= 11 is 0. The lowest BCUT2D eigenvalue weighted by Crippen LogP contribution is -2.28. The monoisotopic (exact) mass is 396 g/mol. The summed E-state index contributed by atoms with van der Waals surface area (Å²) in [5.41, 5.74) is 2.73. The van der Waals surface area contributed by atoms with Crippen molar-refractivity contribution in [2.45, 2.75) is 84.1 Å². The number of carbonyl (C=O) groups excluding carboxylic acids is 1. The molecule has 1 aliphatic rings. The van der Waals surface area contributed by atoms with E-state index < -0.39 is 18.4 Å². The van der Waals surface area contributed by atoms with Crippen molar-refractivity contribution in [3.8, 4) is 0 Å². The summed E-state index contributed by atoms with van der Waals surface area (Å²) in [5, 5.41) is 20.8. The molecule has 0 amide bonds. The van der Waals surface area contributed by atoms with Gasteiger partial charge in [-0.15, -0.1) is 5.73 Å². The summed E-state index contributed by atoms with van der Waals surface area (Å²) in [4.78, 5) is 11.0. The highest BCUT2D eigenvalue weighted by atomic mass is 19.1. The second-order valence-electron chi connectivity index (χ2n) is 8.41. The van der Waals surface area contributed by atoms with Gasteiger partial charge in [-0.2, -0.15) is 0 Å². The molecular weight excluding hydrogens is 359 g/mol. The number of allylic oxidation sites excluding steroid dienone is 1. The predicted molar refractivity (Wildman–Crippen MR) is 109 cm³/mol. The number of hydrogen-bond acceptors (Lipinski definition) is 4. The standard InChI is InChI=1S/C23H37FO4/c1-5-6-15-23(2,3)21(26)14-13-18-17(19(24)16-20(18)25)11-9-7-8-10-12-22(27)28-4/h8-9,13-14,17-21,25-26H,5-6,10-12,15-16H2,1-4H3/b14-13+/t7?,17-,18-,19-,20-,21-/m1/s1. The maximum atomic E-state index is 14.4. The summed E-state index contributed by atoms with van der Waals surface area (Å²) in [6, 6.07) is 0. The summed E-state index contributed by atoms with van der Waals surface area (Å²) < 4.78 is 18.9. The molecule has 0 bridgehead atoms. The Morgan fingerprint density at radius 2 is 2.11 bits per heavy atom. The number of hydrogen-bond donors (Lipinski definition) is 2. The van der Waals surface area contributed by atoms with E-state index in [9.17, 15) is 19.4 Å². The van der Waals surface area contributed by atoms with Crippen LogP contribution in [0, 0.1) is 17.3 Å². The molecule has 0 aliphatic heterocycles. The Balaban J connectivity index is 2.67. The second kappa shape index (κ2) is 12.2. The summed E-state index contributed by atoms with van der Waals surface area (Å²) in [6.45, 7) is 6.18. The third-order valence-electron chi connectivity index (χ3n) is 5.71. The van der Waals surface area contributed by atoms with Crippen molar-refractivity contribution < 1.29 is 24.1 Å². The van der Waals surface area contributed by atoms with Crippen molar-refractivity contribution in [2.75, 3.05) is 7.11 Å². The van der Waals surface area contributed by atoms with Gasteiger partial charge in [0, 0.05) is 24.7 Å². The van der Waals surface area contributed by atoms with Gasteiger partial charge in [0.2, 0.25) is 0 Å². The minimum absolute atomic E-state index is 0.120. The van der Waals surface area contributed by atoms with E-state index in [4.69, 9.17) is 0 Å².